The number of rotatable bonds is 11. The molecule has 0 spiro atoms. The number of benzene rings is 3. The van der Waals surface area contributed by atoms with Crippen LogP contribution in [0.5, 0.6) is 5.75 Å². The Morgan fingerprint density at radius 2 is 1.61 bits per heavy atom. The number of carbonyl (C=O) groups excluding carboxylic acids is 2. The van der Waals surface area contributed by atoms with Gasteiger partial charge >= 0.3 is 0 Å². The fourth-order valence-electron chi connectivity index (χ4n) is 5.03. The van der Waals surface area contributed by atoms with Crippen molar-refractivity contribution in [1.82, 2.24) is 10.2 Å². The number of anilines is 1. The van der Waals surface area contributed by atoms with Gasteiger partial charge in [-0.3, -0.25) is 13.9 Å². The molecular weight excluding hydrogens is 538 g/mol. The zero-order chi connectivity index (χ0) is 29.6. The van der Waals surface area contributed by atoms with Crippen molar-refractivity contribution in [3.05, 3.63) is 89.5 Å². The molecule has 1 atom stereocenters. The van der Waals surface area contributed by atoms with Crippen molar-refractivity contribution in [2.24, 2.45) is 0 Å². The van der Waals surface area contributed by atoms with Gasteiger partial charge in [-0.1, -0.05) is 49.2 Å². The number of sulfonamides is 1. The smallest absolute Gasteiger partial charge is 0.264 e. The zero-order valence-corrected chi connectivity index (χ0v) is 25.0. The van der Waals surface area contributed by atoms with E-state index < -0.39 is 28.5 Å². The highest BCUT2D eigenvalue weighted by Gasteiger charge is 2.33. The van der Waals surface area contributed by atoms with Crippen molar-refractivity contribution < 1.29 is 22.7 Å². The lowest BCUT2D eigenvalue weighted by atomic mass is 10.1. The highest BCUT2D eigenvalue weighted by Crippen LogP contribution is 2.27. The minimum Gasteiger partial charge on any atom is -0.497 e. The highest BCUT2D eigenvalue weighted by molar-refractivity contribution is 7.92. The van der Waals surface area contributed by atoms with Crippen LogP contribution < -0.4 is 14.4 Å². The molecule has 0 saturated heterocycles. The predicted octanol–water partition coefficient (Wildman–Crippen LogP) is 4.98. The molecule has 0 radical (unpaired) electrons. The first kappa shape index (κ1) is 30.1. The third-order valence-electron chi connectivity index (χ3n) is 7.77. The van der Waals surface area contributed by atoms with E-state index in [1.807, 2.05) is 32.0 Å². The van der Waals surface area contributed by atoms with Crippen LogP contribution in [0, 0.1) is 13.8 Å². The summed E-state index contributed by atoms with van der Waals surface area (Å²) in [5.41, 5.74) is 3.10. The summed E-state index contributed by atoms with van der Waals surface area (Å²) in [5.74, 6) is -0.0523. The summed E-state index contributed by atoms with van der Waals surface area (Å²) >= 11 is 0. The Morgan fingerprint density at radius 1 is 0.951 bits per heavy atom. The molecule has 2 amide bonds. The zero-order valence-electron chi connectivity index (χ0n) is 24.2. The summed E-state index contributed by atoms with van der Waals surface area (Å²) in [5, 5.41) is 3.09. The maximum absolute atomic E-state index is 14.1. The van der Waals surface area contributed by atoms with Crippen LogP contribution in [0.2, 0.25) is 0 Å². The number of amides is 2. The topological polar surface area (TPSA) is 96.0 Å². The van der Waals surface area contributed by atoms with E-state index in [4.69, 9.17) is 4.74 Å². The Labute approximate surface area is 243 Å². The largest absolute Gasteiger partial charge is 0.497 e. The standard InChI is InChI=1S/C32H39N3O5S/c1-23-14-17-28(20-24(23)2)35(41(38,39)30-12-6-5-7-13-30)22-31(36)34(21-26-15-18-29(40-4)19-16-26)25(3)32(37)33-27-10-8-9-11-27/h5-7,12-20,25,27H,8-11,21-22H2,1-4H3,(H,33,37). The van der Waals surface area contributed by atoms with Gasteiger partial charge in [0.25, 0.3) is 10.0 Å². The molecular formula is C32H39N3O5S. The van der Waals surface area contributed by atoms with Crippen LogP contribution >= 0.6 is 0 Å². The number of hydrogen-bond donors (Lipinski definition) is 1. The molecule has 4 rings (SSSR count). The van der Waals surface area contributed by atoms with Crippen LogP contribution in [0.1, 0.15) is 49.3 Å². The van der Waals surface area contributed by atoms with Crippen molar-refractivity contribution in [2.45, 2.75) is 70.0 Å². The van der Waals surface area contributed by atoms with Crippen molar-refractivity contribution >= 4 is 27.5 Å². The van der Waals surface area contributed by atoms with Crippen molar-refractivity contribution in [3.63, 3.8) is 0 Å². The van der Waals surface area contributed by atoms with Gasteiger partial charge in [0.05, 0.1) is 17.7 Å². The third kappa shape index (κ3) is 7.27. The summed E-state index contributed by atoms with van der Waals surface area (Å²) in [6.45, 7) is 5.21. The van der Waals surface area contributed by atoms with E-state index in [1.54, 1.807) is 56.5 Å². The molecule has 1 unspecified atom stereocenters. The molecule has 41 heavy (non-hydrogen) atoms. The molecule has 3 aromatic carbocycles. The maximum Gasteiger partial charge on any atom is 0.264 e. The van der Waals surface area contributed by atoms with E-state index in [-0.39, 0.29) is 23.4 Å². The van der Waals surface area contributed by atoms with Crippen molar-refractivity contribution in [1.29, 1.82) is 0 Å². The molecule has 8 nitrogen and oxygen atoms in total. The molecule has 218 valence electrons. The van der Waals surface area contributed by atoms with Gasteiger partial charge in [-0.25, -0.2) is 8.42 Å². The molecule has 0 aliphatic heterocycles. The average Bonchev–Trinajstić information content (AvgIpc) is 3.49. The molecule has 1 aliphatic rings. The summed E-state index contributed by atoms with van der Waals surface area (Å²) < 4.78 is 34.2. The lowest BCUT2D eigenvalue weighted by Gasteiger charge is -2.32. The SMILES string of the molecule is COc1ccc(CN(C(=O)CN(c2ccc(C)c(C)c2)S(=O)(=O)c2ccccc2)C(C)C(=O)NC2CCCC2)cc1. The van der Waals surface area contributed by atoms with Crippen molar-refractivity contribution in [3.8, 4) is 5.75 Å². The third-order valence-corrected chi connectivity index (χ3v) is 9.56. The monoisotopic (exact) mass is 577 g/mol. The van der Waals surface area contributed by atoms with Crippen LogP contribution in [0.3, 0.4) is 0 Å². The molecule has 9 heteroatoms. The number of carbonyl (C=O) groups is 2. The van der Waals surface area contributed by atoms with Crippen LogP contribution in [0.15, 0.2) is 77.7 Å². The summed E-state index contributed by atoms with van der Waals surface area (Å²) in [7, 11) is -2.51. The Bertz CT molecular complexity index is 1450. The normalized spacial score (nSPS) is 14.3. The lowest BCUT2D eigenvalue weighted by molar-refractivity contribution is -0.139. The van der Waals surface area contributed by atoms with Crippen LogP contribution in [-0.2, 0) is 26.2 Å². The minimum atomic E-state index is -4.09. The van der Waals surface area contributed by atoms with Crippen LogP contribution in [0.25, 0.3) is 0 Å². The molecule has 1 saturated carbocycles. The van der Waals surface area contributed by atoms with Gasteiger partial charge in [-0.05, 0) is 86.7 Å². The Hall–Kier alpha value is -3.85. The second-order valence-electron chi connectivity index (χ2n) is 10.6. The molecule has 1 fully saturated rings. The minimum absolute atomic E-state index is 0.0831. The van der Waals surface area contributed by atoms with E-state index in [0.717, 1.165) is 46.7 Å². The van der Waals surface area contributed by atoms with E-state index in [1.165, 1.54) is 17.0 Å². The molecule has 0 heterocycles. The predicted molar refractivity (Wildman–Crippen MR) is 160 cm³/mol. The summed E-state index contributed by atoms with van der Waals surface area (Å²) in [4.78, 5) is 29.0. The fourth-order valence-corrected chi connectivity index (χ4v) is 6.46. The van der Waals surface area contributed by atoms with Crippen molar-refractivity contribution in [2.75, 3.05) is 18.0 Å². The van der Waals surface area contributed by atoms with Gasteiger partial charge in [-0.2, -0.15) is 0 Å². The van der Waals surface area contributed by atoms with Gasteiger partial charge in [0.1, 0.15) is 18.3 Å². The highest BCUT2D eigenvalue weighted by atomic mass is 32.2. The number of hydrogen-bond acceptors (Lipinski definition) is 5. The van der Waals surface area contributed by atoms with Gasteiger partial charge in [0.15, 0.2) is 0 Å². The first-order valence-corrected chi connectivity index (χ1v) is 15.4. The fraction of sp³-hybridized carbons (Fsp3) is 0.375. The van der Waals surface area contributed by atoms with Gasteiger partial charge < -0.3 is 15.0 Å². The Kier molecular flexibility index (Phi) is 9.70. The Morgan fingerprint density at radius 3 is 2.22 bits per heavy atom. The Balaban J connectivity index is 1.69. The second kappa shape index (κ2) is 13.2. The van der Waals surface area contributed by atoms with Gasteiger partial charge in [-0.15, -0.1) is 0 Å². The maximum atomic E-state index is 14.1. The molecule has 1 aliphatic carbocycles. The molecule has 3 aromatic rings. The van der Waals surface area contributed by atoms with Crippen LogP contribution in [-0.4, -0.2) is 50.9 Å². The molecule has 0 bridgehead atoms. The number of aryl methyl sites for hydroxylation is 2. The molecule has 1 N–H and O–H groups in total. The van der Waals surface area contributed by atoms with E-state index in [2.05, 4.69) is 5.32 Å². The quantitative estimate of drug-likeness (QED) is 0.347. The number of methoxy groups -OCH3 is 1. The lowest BCUT2D eigenvalue weighted by Crippen LogP contribution is -2.52. The number of nitrogens with zero attached hydrogens (tertiary/aromatic N) is 2. The second-order valence-corrected chi connectivity index (χ2v) is 12.5. The van der Waals surface area contributed by atoms with E-state index >= 15 is 0 Å². The number of nitrogens with one attached hydrogen (secondary N) is 1. The van der Waals surface area contributed by atoms with E-state index in [0.29, 0.717) is 11.4 Å². The average molecular weight is 578 g/mol. The van der Waals surface area contributed by atoms with Gasteiger partial charge in [0.2, 0.25) is 11.8 Å². The molecule has 0 aromatic heterocycles. The number of ether oxygens (including phenoxy) is 1. The summed E-state index contributed by atoms with van der Waals surface area (Å²) in [6, 6.07) is 19.9. The van der Waals surface area contributed by atoms with Gasteiger partial charge in [0, 0.05) is 12.6 Å². The van der Waals surface area contributed by atoms with E-state index in [9.17, 15) is 18.0 Å². The first-order chi connectivity index (χ1) is 19.6. The van der Waals surface area contributed by atoms with Crippen LogP contribution in [0.4, 0.5) is 5.69 Å². The summed E-state index contributed by atoms with van der Waals surface area (Å²) in [6.07, 6.45) is 3.97. The first-order valence-electron chi connectivity index (χ1n) is 14.0.